The molecule has 2 aliphatic rings. The molecular weight excluding hydrogens is 400 g/mol. The minimum Gasteiger partial charge on any atom is -0.393 e. The third-order valence-electron chi connectivity index (χ3n) is 6.80. The number of nitrogens with zero attached hydrogens (tertiary/aromatic N) is 3. The number of rotatable bonds is 8. The highest BCUT2D eigenvalue weighted by molar-refractivity contribution is 5.73. The lowest BCUT2D eigenvalue weighted by atomic mass is 9.91. The van der Waals surface area contributed by atoms with Crippen molar-refractivity contribution >= 4 is 11.8 Å². The van der Waals surface area contributed by atoms with E-state index in [2.05, 4.69) is 46.9 Å². The molecule has 0 amide bonds. The summed E-state index contributed by atoms with van der Waals surface area (Å²) in [4.78, 5) is 14.3. The number of aliphatic hydroxyl groups excluding tert-OH is 1. The van der Waals surface area contributed by atoms with Crippen molar-refractivity contribution in [3.8, 4) is 11.3 Å². The quantitative estimate of drug-likeness (QED) is 0.487. The molecule has 0 radical (unpaired) electrons. The lowest BCUT2D eigenvalue weighted by Crippen LogP contribution is -2.29. The maximum Gasteiger partial charge on any atom is 0.224 e. The molecule has 32 heavy (non-hydrogen) atoms. The van der Waals surface area contributed by atoms with Gasteiger partial charge in [0.05, 0.1) is 17.4 Å². The summed E-state index contributed by atoms with van der Waals surface area (Å²) in [6.45, 7) is 6.51. The van der Waals surface area contributed by atoms with Gasteiger partial charge in [-0.3, -0.25) is 4.98 Å². The van der Waals surface area contributed by atoms with E-state index < -0.39 is 0 Å². The van der Waals surface area contributed by atoms with Crippen molar-refractivity contribution in [2.24, 2.45) is 0 Å². The van der Waals surface area contributed by atoms with Crippen LogP contribution >= 0.6 is 0 Å². The number of piperidine rings is 1. The molecule has 0 aromatic carbocycles. The Morgan fingerprint density at radius 1 is 1.06 bits per heavy atom. The van der Waals surface area contributed by atoms with Gasteiger partial charge in [0.15, 0.2) is 0 Å². The van der Waals surface area contributed by atoms with Gasteiger partial charge in [-0.25, -0.2) is 4.98 Å². The molecule has 3 heterocycles. The van der Waals surface area contributed by atoms with E-state index >= 15 is 0 Å². The van der Waals surface area contributed by atoms with Gasteiger partial charge >= 0.3 is 0 Å². The van der Waals surface area contributed by atoms with Gasteiger partial charge in [-0.15, -0.1) is 0 Å². The average molecular weight is 439 g/mol. The molecule has 2 aromatic rings. The highest BCUT2D eigenvalue weighted by Crippen LogP contribution is 2.31. The summed E-state index contributed by atoms with van der Waals surface area (Å²) in [7, 11) is 0. The third-order valence-corrected chi connectivity index (χ3v) is 6.80. The SMILES string of the molecule is CCC[C@H](C)Nc1ncc(-c2ccc(C3CCNCC3)cn2)c(NC2CCC(O)CC2)n1. The summed E-state index contributed by atoms with van der Waals surface area (Å²) < 4.78 is 0. The van der Waals surface area contributed by atoms with Gasteiger partial charge in [0.2, 0.25) is 5.95 Å². The van der Waals surface area contributed by atoms with Gasteiger partial charge < -0.3 is 21.1 Å². The van der Waals surface area contributed by atoms with Crippen LogP contribution < -0.4 is 16.0 Å². The van der Waals surface area contributed by atoms with Crippen LogP contribution in [0.25, 0.3) is 11.3 Å². The van der Waals surface area contributed by atoms with E-state index in [4.69, 9.17) is 9.97 Å². The zero-order valence-electron chi connectivity index (χ0n) is 19.5. The average Bonchev–Trinajstić information content (AvgIpc) is 2.82. The van der Waals surface area contributed by atoms with Gasteiger partial charge in [0.1, 0.15) is 5.82 Å². The van der Waals surface area contributed by atoms with Crippen LogP contribution in [0, 0.1) is 0 Å². The Balaban J connectivity index is 1.56. The molecule has 1 saturated heterocycles. The molecule has 174 valence electrons. The molecule has 1 aliphatic carbocycles. The summed E-state index contributed by atoms with van der Waals surface area (Å²) in [5.74, 6) is 2.07. The lowest BCUT2D eigenvalue weighted by Gasteiger charge is -2.27. The molecule has 0 unspecified atom stereocenters. The van der Waals surface area contributed by atoms with E-state index in [1.54, 1.807) is 0 Å². The minimum atomic E-state index is -0.172. The number of pyridine rings is 1. The normalized spacial score (nSPS) is 23.0. The minimum absolute atomic E-state index is 0.172. The van der Waals surface area contributed by atoms with Gasteiger partial charge in [-0.1, -0.05) is 19.4 Å². The van der Waals surface area contributed by atoms with E-state index in [0.717, 1.165) is 68.7 Å². The molecular formula is C25H38N6O. The predicted molar refractivity (Wildman–Crippen MR) is 130 cm³/mol. The molecule has 1 atom stereocenters. The Morgan fingerprint density at radius 2 is 1.84 bits per heavy atom. The number of hydrogen-bond acceptors (Lipinski definition) is 7. The Bertz CT molecular complexity index is 844. The van der Waals surface area contributed by atoms with Crippen LogP contribution in [0.5, 0.6) is 0 Å². The van der Waals surface area contributed by atoms with Crippen LogP contribution in [0.15, 0.2) is 24.5 Å². The largest absolute Gasteiger partial charge is 0.393 e. The highest BCUT2D eigenvalue weighted by Gasteiger charge is 2.22. The van der Waals surface area contributed by atoms with Crippen LogP contribution in [0.3, 0.4) is 0 Å². The Labute approximate surface area is 191 Å². The second kappa shape index (κ2) is 11.1. The molecule has 0 spiro atoms. The topological polar surface area (TPSA) is 95.0 Å². The first-order chi connectivity index (χ1) is 15.6. The Kier molecular flexibility index (Phi) is 7.92. The van der Waals surface area contributed by atoms with Crippen molar-refractivity contribution in [1.82, 2.24) is 20.3 Å². The van der Waals surface area contributed by atoms with Crippen molar-refractivity contribution in [1.29, 1.82) is 0 Å². The van der Waals surface area contributed by atoms with Crippen molar-refractivity contribution in [2.75, 3.05) is 23.7 Å². The van der Waals surface area contributed by atoms with Crippen molar-refractivity contribution in [2.45, 2.75) is 89.3 Å². The van der Waals surface area contributed by atoms with E-state index in [1.807, 2.05) is 12.4 Å². The van der Waals surface area contributed by atoms with Crippen LogP contribution in [0.2, 0.25) is 0 Å². The highest BCUT2D eigenvalue weighted by atomic mass is 16.3. The fraction of sp³-hybridized carbons (Fsp3) is 0.640. The summed E-state index contributed by atoms with van der Waals surface area (Å²) >= 11 is 0. The molecule has 1 aliphatic heterocycles. The maximum atomic E-state index is 9.88. The monoisotopic (exact) mass is 438 g/mol. The molecule has 4 N–H and O–H groups in total. The summed E-state index contributed by atoms with van der Waals surface area (Å²) in [6.07, 6.45) is 11.8. The maximum absolute atomic E-state index is 9.88. The smallest absolute Gasteiger partial charge is 0.224 e. The predicted octanol–water partition coefficient (Wildman–Crippen LogP) is 4.32. The molecule has 1 saturated carbocycles. The first-order valence-electron chi connectivity index (χ1n) is 12.4. The fourth-order valence-electron chi connectivity index (χ4n) is 4.85. The van der Waals surface area contributed by atoms with Gasteiger partial charge in [0.25, 0.3) is 0 Å². The number of nitrogens with one attached hydrogen (secondary N) is 3. The first kappa shape index (κ1) is 22.9. The molecule has 2 aromatic heterocycles. The Hall–Kier alpha value is -2.25. The van der Waals surface area contributed by atoms with Gasteiger partial charge in [-0.2, -0.15) is 4.98 Å². The molecule has 0 bridgehead atoms. The molecule has 7 nitrogen and oxygen atoms in total. The van der Waals surface area contributed by atoms with E-state index in [0.29, 0.717) is 23.9 Å². The van der Waals surface area contributed by atoms with Crippen LogP contribution in [-0.2, 0) is 0 Å². The molecule has 4 rings (SSSR count). The van der Waals surface area contributed by atoms with Crippen molar-refractivity contribution in [3.63, 3.8) is 0 Å². The van der Waals surface area contributed by atoms with E-state index in [9.17, 15) is 5.11 Å². The zero-order valence-corrected chi connectivity index (χ0v) is 19.5. The lowest BCUT2D eigenvalue weighted by molar-refractivity contribution is 0.126. The van der Waals surface area contributed by atoms with Gasteiger partial charge in [0, 0.05) is 24.5 Å². The third kappa shape index (κ3) is 5.95. The zero-order chi connectivity index (χ0) is 22.3. The molecule has 7 heteroatoms. The van der Waals surface area contributed by atoms with Crippen molar-refractivity contribution < 1.29 is 5.11 Å². The Morgan fingerprint density at radius 3 is 2.53 bits per heavy atom. The van der Waals surface area contributed by atoms with E-state index in [1.165, 1.54) is 18.4 Å². The van der Waals surface area contributed by atoms with Crippen LogP contribution in [-0.4, -0.2) is 51.3 Å². The van der Waals surface area contributed by atoms with Crippen LogP contribution in [0.4, 0.5) is 11.8 Å². The number of anilines is 2. The first-order valence-corrected chi connectivity index (χ1v) is 12.4. The number of aliphatic hydroxyl groups is 1. The standard InChI is InChI=1S/C25H38N6O/c1-3-4-17(2)29-25-28-16-22(24(31-25)30-20-6-8-21(32)9-7-20)23-10-5-19(15-27-23)18-11-13-26-14-12-18/h5,10,15-18,20-21,26,32H,3-4,6-9,11-14H2,1-2H3,(H2,28,29,30,31)/t17-,20?,21?/m0/s1. The summed E-state index contributed by atoms with van der Waals surface area (Å²) in [6, 6.07) is 4.96. The second-order valence-electron chi connectivity index (χ2n) is 9.44. The molecule has 2 fully saturated rings. The van der Waals surface area contributed by atoms with Gasteiger partial charge in [-0.05, 0) is 82.5 Å². The second-order valence-corrected chi connectivity index (χ2v) is 9.44. The number of hydrogen-bond donors (Lipinski definition) is 4. The van der Waals surface area contributed by atoms with E-state index in [-0.39, 0.29) is 6.10 Å². The van der Waals surface area contributed by atoms with Crippen LogP contribution in [0.1, 0.15) is 76.7 Å². The summed E-state index contributed by atoms with van der Waals surface area (Å²) in [5, 5.41) is 20.4. The fourth-order valence-corrected chi connectivity index (χ4v) is 4.85. The summed E-state index contributed by atoms with van der Waals surface area (Å²) in [5.41, 5.74) is 3.15. The van der Waals surface area contributed by atoms with Crippen molar-refractivity contribution in [3.05, 3.63) is 30.1 Å². The number of aromatic nitrogens is 3.